The van der Waals surface area contributed by atoms with Gasteiger partial charge in [0.1, 0.15) is 17.3 Å². The maximum atomic E-state index is 14.1. The van der Waals surface area contributed by atoms with Crippen LogP contribution in [0, 0.1) is 12.7 Å². The fourth-order valence-electron chi connectivity index (χ4n) is 2.98. The molecular weight excluding hydrogens is 375 g/mol. The summed E-state index contributed by atoms with van der Waals surface area (Å²) in [4.78, 5) is 19.2. The van der Waals surface area contributed by atoms with Crippen LogP contribution < -0.4 is 4.90 Å². The standard InChI is InChI=1S/C23H16ClFN2O/c1-15-6-8-16(9-7-15)22-26-21(14-17-4-2-3-5-20(17)25)23(28)27(22)19-12-10-18(24)11-13-19/h2-14H,1H3/b21-14+. The van der Waals surface area contributed by atoms with Crippen molar-refractivity contribution in [3.63, 3.8) is 0 Å². The van der Waals surface area contributed by atoms with E-state index >= 15 is 0 Å². The van der Waals surface area contributed by atoms with Crippen molar-refractivity contribution in [3.05, 3.63) is 106 Å². The Hall–Kier alpha value is -3.24. The van der Waals surface area contributed by atoms with E-state index in [1.165, 1.54) is 17.0 Å². The van der Waals surface area contributed by atoms with Crippen LogP contribution in [-0.4, -0.2) is 11.7 Å². The van der Waals surface area contributed by atoms with Gasteiger partial charge in [0.05, 0.1) is 5.69 Å². The second-order valence-corrected chi connectivity index (χ2v) is 6.91. The molecule has 1 heterocycles. The van der Waals surface area contributed by atoms with Crippen molar-refractivity contribution in [2.45, 2.75) is 6.92 Å². The first-order valence-corrected chi connectivity index (χ1v) is 9.13. The molecular formula is C23H16ClFN2O. The molecule has 0 spiro atoms. The summed E-state index contributed by atoms with van der Waals surface area (Å²) in [6.07, 6.45) is 1.47. The summed E-state index contributed by atoms with van der Waals surface area (Å²) in [5.74, 6) is -0.226. The normalized spacial score (nSPS) is 15.2. The highest BCUT2D eigenvalue weighted by atomic mass is 35.5. The van der Waals surface area contributed by atoms with Crippen molar-refractivity contribution in [2.24, 2.45) is 4.99 Å². The van der Waals surface area contributed by atoms with Gasteiger partial charge in [0, 0.05) is 16.1 Å². The maximum absolute atomic E-state index is 14.1. The molecule has 28 heavy (non-hydrogen) atoms. The SMILES string of the molecule is Cc1ccc(C2=N/C(=C/c3ccccc3F)C(=O)N2c2ccc(Cl)cc2)cc1. The fraction of sp³-hybridized carbons (Fsp3) is 0.0435. The molecule has 4 rings (SSSR count). The molecule has 3 nitrogen and oxygen atoms in total. The van der Waals surface area contributed by atoms with Crippen LogP contribution in [0.25, 0.3) is 6.08 Å². The van der Waals surface area contributed by atoms with Crippen molar-refractivity contribution in [1.82, 2.24) is 0 Å². The lowest BCUT2D eigenvalue weighted by molar-refractivity contribution is -0.113. The molecule has 0 atom stereocenters. The zero-order valence-corrected chi connectivity index (χ0v) is 15.8. The van der Waals surface area contributed by atoms with Crippen molar-refractivity contribution in [2.75, 3.05) is 4.90 Å². The summed E-state index contributed by atoms with van der Waals surface area (Å²) in [6.45, 7) is 1.99. The van der Waals surface area contributed by atoms with E-state index in [1.54, 1.807) is 42.5 Å². The van der Waals surface area contributed by atoms with Gasteiger partial charge in [-0.3, -0.25) is 9.69 Å². The van der Waals surface area contributed by atoms with Crippen LogP contribution in [0.15, 0.2) is 83.5 Å². The lowest BCUT2D eigenvalue weighted by Crippen LogP contribution is -2.32. The lowest BCUT2D eigenvalue weighted by Gasteiger charge is -2.18. The number of nitrogens with zero attached hydrogens (tertiary/aromatic N) is 2. The first-order valence-electron chi connectivity index (χ1n) is 8.75. The van der Waals surface area contributed by atoms with Crippen LogP contribution >= 0.6 is 11.6 Å². The molecule has 0 fully saturated rings. The zero-order chi connectivity index (χ0) is 19.7. The number of hydrogen-bond acceptors (Lipinski definition) is 2. The van der Waals surface area contributed by atoms with Gasteiger partial charge in [-0.15, -0.1) is 0 Å². The van der Waals surface area contributed by atoms with Crippen LogP contribution in [0.5, 0.6) is 0 Å². The van der Waals surface area contributed by atoms with Gasteiger partial charge in [0.25, 0.3) is 5.91 Å². The third-order valence-electron chi connectivity index (χ3n) is 4.45. The molecule has 3 aromatic rings. The summed E-state index contributed by atoms with van der Waals surface area (Å²) < 4.78 is 14.1. The molecule has 0 unspecified atom stereocenters. The van der Waals surface area contributed by atoms with Crippen LogP contribution in [0.2, 0.25) is 5.02 Å². The number of carbonyl (C=O) groups excluding carboxylic acids is 1. The number of rotatable bonds is 3. The van der Waals surface area contributed by atoms with Gasteiger partial charge in [0.15, 0.2) is 0 Å². The molecule has 0 aliphatic carbocycles. The van der Waals surface area contributed by atoms with E-state index in [1.807, 2.05) is 31.2 Å². The number of benzene rings is 3. The van der Waals surface area contributed by atoms with Crippen LogP contribution in [0.1, 0.15) is 16.7 Å². The van der Waals surface area contributed by atoms with Gasteiger partial charge < -0.3 is 0 Å². The number of aliphatic imine (C=N–C) groups is 1. The molecule has 3 aromatic carbocycles. The predicted octanol–water partition coefficient (Wildman–Crippen LogP) is 5.62. The second kappa shape index (κ2) is 7.41. The Morgan fingerprint density at radius 3 is 2.32 bits per heavy atom. The van der Waals surface area contributed by atoms with Gasteiger partial charge >= 0.3 is 0 Å². The smallest absolute Gasteiger partial charge is 0.266 e. The number of carbonyl (C=O) groups is 1. The molecule has 1 aliphatic rings. The first kappa shape index (κ1) is 18.1. The maximum Gasteiger partial charge on any atom is 0.282 e. The highest BCUT2D eigenvalue weighted by Gasteiger charge is 2.32. The molecule has 0 N–H and O–H groups in total. The largest absolute Gasteiger partial charge is 0.282 e. The van der Waals surface area contributed by atoms with Crippen molar-refractivity contribution in [1.29, 1.82) is 0 Å². The molecule has 0 saturated heterocycles. The number of anilines is 1. The van der Waals surface area contributed by atoms with Crippen molar-refractivity contribution < 1.29 is 9.18 Å². The average Bonchev–Trinajstić information content (AvgIpc) is 3.01. The average molecular weight is 391 g/mol. The van der Waals surface area contributed by atoms with Crippen LogP contribution in [0.3, 0.4) is 0 Å². The predicted molar refractivity (Wildman–Crippen MR) is 111 cm³/mol. The van der Waals surface area contributed by atoms with Crippen LogP contribution in [0.4, 0.5) is 10.1 Å². The van der Waals surface area contributed by atoms with Crippen LogP contribution in [-0.2, 0) is 4.79 Å². The molecule has 1 amide bonds. The van der Waals surface area contributed by atoms with E-state index in [4.69, 9.17) is 11.6 Å². The zero-order valence-electron chi connectivity index (χ0n) is 15.1. The number of halogens is 2. The summed E-state index contributed by atoms with van der Waals surface area (Å²) in [5, 5.41) is 0.575. The molecule has 0 radical (unpaired) electrons. The second-order valence-electron chi connectivity index (χ2n) is 6.47. The molecule has 0 aromatic heterocycles. The fourth-order valence-corrected chi connectivity index (χ4v) is 3.11. The molecule has 0 bridgehead atoms. The Kier molecular flexibility index (Phi) is 4.80. The Labute approximate surface area is 167 Å². The quantitative estimate of drug-likeness (QED) is 0.534. The Balaban J connectivity index is 1.84. The van der Waals surface area contributed by atoms with E-state index in [0.29, 0.717) is 22.1 Å². The van der Waals surface area contributed by atoms with E-state index in [2.05, 4.69) is 4.99 Å². The van der Waals surface area contributed by atoms with Gasteiger partial charge in [0.2, 0.25) is 0 Å². The number of amidine groups is 1. The monoisotopic (exact) mass is 390 g/mol. The van der Waals surface area contributed by atoms with Gasteiger partial charge in [-0.05, 0) is 43.3 Å². The number of aryl methyl sites for hydroxylation is 1. The van der Waals surface area contributed by atoms with E-state index in [0.717, 1.165) is 11.1 Å². The minimum Gasteiger partial charge on any atom is -0.266 e. The summed E-state index contributed by atoms with van der Waals surface area (Å²) in [6, 6.07) is 21.0. The van der Waals surface area contributed by atoms with Gasteiger partial charge in [-0.2, -0.15) is 0 Å². The number of amides is 1. The summed E-state index contributed by atoms with van der Waals surface area (Å²) in [7, 11) is 0. The molecule has 138 valence electrons. The minimum absolute atomic E-state index is 0.177. The van der Waals surface area contributed by atoms with E-state index in [-0.39, 0.29) is 11.6 Å². The first-order chi connectivity index (χ1) is 13.5. The Bertz CT molecular complexity index is 1100. The van der Waals surface area contributed by atoms with Gasteiger partial charge in [-0.1, -0.05) is 59.6 Å². The number of hydrogen-bond donors (Lipinski definition) is 0. The topological polar surface area (TPSA) is 32.7 Å². The molecule has 1 aliphatic heterocycles. The lowest BCUT2D eigenvalue weighted by atomic mass is 10.1. The Morgan fingerprint density at radius 1 is 0.964 bits per heavy atom. The summed E-state index contributed by atoms with van der Waals surface area (Å²) >= 11 is 5.99. The third-order valence-corrected chi connectivity index (χ3v) is 4.70. The highest BCUT2D eigenvalue weighted by molar-refractivity contribution is 6.33. The molecule has 0 saturated carbocycles. The van der Waals surface area contributed by atoms with E-state index < -0.39 is 5.82 Å². The summed E-state index contributed by atoms with van der Waals surface area (Å²) in [5.41, 5.74) is 3.04. The van der Waals surface area contributed by atoms with E-state index in [9.17, 15) is 9.18 Å². The third kappa shape index (κ3) is 3.47. The van der Waals surface area contributed by atoms with Gasteiger partial charge in [-0.25, -0.2) is 9.38 Å². The molecule has 5 heteroatoms. The minimum atomic E-state index is -0.403. The van der Waals surface area contributed by atoms with Crippen molar-refractivity contribution in [3.8, 4) is 0 Å². The Morgan fingerprint density at radius 2 is 1.64 bits per heavy atom. The highest BCUT2D eigenvalue weighted by Crippen LogP contribution is 2.29. The van der Waals surface area contributed by atoms with Crippen molar-refractivity contribution >= 4 is 35.1 Å².